The van der Waals surface area contributed by atoms with Crippen molar-refractivity contribution in [3.8, 4) is 0 Å². The molecule has 0 rings (SSSR count). The van der Waals surface area contributed by atoms with Crippen molar-refractivity contribution in [1.82, 2.24) is 10.6 Å². The van der Waals surface area contributed by atoms with E-state index < -0.39 is 0 Å². The number of rotatable bonds is 7. The molecule has 2 amide bonds. The maximum absolute atomic E-state index is 10.9. The van der Waals surface area contributed by atoms with Gasteiger partial charge in [-0.3, -0.25) is 9.59 Å². The van der Waals surface area contributed by atoms with Crippen LogP contribution in [-0.2, 0) is 9.59 Å². The number of hydrogen-bond donors (Lipinski definition) is 2. The summed E-state index contributed by atoms with van der Waals surface area (Å²) in [5, 5.41) is 5.27. The average molecular weight is 172 g/mol. The fourth-order valence-corrected chi connectivity index (χ4v) is 0.793. The van der Waals surface area contributed by atoms with Crippen LogP contribution in [0.5, 0.6) is 0 Å². The summed E-state index contributed by atoms with van der Waals surface area (Å²) in [4.78, 5) is 20.7. The number of hydrogen-bond acceptors (Lipinski definition) is 2. The van der Waals surface area contributed by atoms with Gasteiger partial charge in [0.2, 0.25) is 12.3 Å². The van der Waals surface area contributed by atoms with Crippen LogP contribution in [0.15, 0.2) is 0 Å². The van der Waals surface area contributed by atoms with Crippen molar-refractivity contribution >= 4 is 12.3 Å². The van der Waals surface area contributed by atoms with E-state index in [-0.39, 0.29) is 5.91 Å². The summed E-state index contributed by atoms with van der Waals surface area (Å²) in [5.41, 5.74) is 0. The molecule has 0 saturated carbocycles. The Morgan fingerprint density at radius 1 is 1.42 bits per heavy atom. The van der Waals surface area contributed by atoms with E-state index in [1.54, 1.807) is 0 Å². The molecular weight excluding hydrogens is 156 g/mol. The third-order valence-corrected chi connectivity index (χ3v) is 1.38. The van der Waals surface area contributed by atoms with Crippen molar-refractivity contribution in [2.24, 2.45) is 0 Å². The first-order valence-corrected chi connectivity index (χ1v) is 4.25. The maximum atomic E-state index is 10.9. The van der Waals surface area contributed by atoms with Gasteiger partial charge in [0.1, 0.15) is 0 Å². The Morgan fingerprint density at radius 3 is 2.75 bits per heavy atom. The molecule has 0 heterocycles. The minimum Gasteiger partial charge on any atom is -0.359 e. The second-order valence-corrected chi connectivity index (χ2v) is 2.53. The third kappa shape index (κ3) is 7.05. The molecule has 4 heteroatoms. The van der Waals surface area contributed by atoms with E-state index in [4.69, 9.17) is 0 Å². The molecule has 0 radical (unpaired) electrons. The molecule has 0 fully saturated rings. The quantitative estimate of drug-likeness (QED) is 0.421. The largest absolute Gasteiger partial charge is 0.359 e. The highest BCUT2D eigenvalue weighted by Gasteiger charge is 1.96. The van der Waals surface area contributed by atoms with Gasteiger partial charge in [-0.1, -0.05) is 6.92 Å². The Balaban J connectivity index is 3.08. The van der Waals surface area contributed by atoms with Gasteiger partial charge in [-0.15, -0.1) is 0 Å². The number of amides is 2. The molecule has 70 valence electrons. The van der Waals surface area contributed by atoms with Gasteiger partial charge in [-0.25, -0.2) is 0 Å². The van der Waals surface area contributed by atoms with Gasteiger partial charge >= 0.3 is 0 Å². The van der Waals surface area contributed by atoms with Crippen molar-refractivity contribution in [2.45, 2.75) is 26.2 Å². The van der Waals surface area contributed by atoms with Gasteiger partial charge in [0, 0.05) is 19.5 Å². The lowest BCUT2D eigenvalue weighted by Crippen LogP contribution is -2.26. The van der Waals surface area contributed by atoms with Crippen molar-refractivity contribution in [3.05, 3.63) is 0 Å². The van der Waals surface area contributed by atoms with Crippen LogP contribution in [0.2, 0.25) is 0 Å². The summed E-state index contributed by atoms with van der Waals surface area (Å²) in [6, 6.07) is 0. The van der Waals surface area contributed by atoms with Gasteiger partial charge in [0.15, 0.2) is 0 Å². The molecular formula is C8H16N2O2. The van der Waals surface area contributed by atoms with Crippen LogP contribution in [0, 0.1) is 0 Å². The van der Waals surface area contributed by atoms with Crippen LogP contribution >= 0.6 is 0 Å². The van der Waals surface area contributed by atoms with Gasteiger partial charge < -0.3 is 10.6 Å². The smallest absolute Gasteiger partial charge is 0.219 e. The van der Waals surface area contributed by atoms with E-state index in [2.05, 4.69) is 10.6 Å². The topological polar surface area (TPSA) is 58.2 Å². The first kappa shape index (κ1) is 10.9. The normalized spacial score (nSPS) is 9.08. The minimum absolute atomic E-state index is 0.0867. The van der Waals surface area contributed by atoms with Crippen LogP contribution in [-0.4, -0.2) is 25.4 Å². The molecule has 0 unspecified atom stereocenters. The van der Waals surface area contributed by atoms with Crippen molar-refractivity contribution in [2.75, 3.05) is 13.1 Å². The third-order valence-electron chi connectivity index (χ3n) is 1.38. The minimum atomic E-state index is 0.0867. The van der Waals surface area contributed by atoms with E-state index >= 15 is 0 Å². The first-order valence-electron chi connectivity index (χ1n) is 4.25. The molecule has 0 atom stereocenters. The molecule has 0 bridgehead atoms. The Kier molecular flexibility index (Phi) is 7.33. The molecule has 0 aliphatic heterocycles. The van der Waals surface area contributed by atoms with Gasteiger partial charge in [0.25, 0.3) is 0 Å². The average Bonchev–Trinajstić information content (AvgIpc) is 2.05. The predicted molar refractivity (Wildman–Crippen MR) is 46.6 cm³/mol. The van der Waals surface area contributed by atoms with E-state index in [0.717, 1.165) is 12.8 Å². The highest BCUT2D eigenvalue weighted by Crippen LogP contribution is 1.85. The van der Waals surface area contributed by atoms with E-state index in [1.165, 1.54) is 0 Å². The van der Waals surface area contributed by atoms with Crippen molar-refractivity contribution in [1.29, 1.82) is 0 Å². The molecule has 0 saturated heterocycles. The molecule has 0 aromatic carbocycles. The van der Waals surface area contributed by atoms with Crippen LogP contribution in [0.25, 0.3) is 0 Å². The Morgan fingerprint density at radius 2 is 2.17 bits per heavy atom. The summed E-state index contributed by atoms with van der Waals surface area (Å²) in [6.45, 7) is 3.23. The van der Waals surface area contributed by atoms with Gasteiger partial charge in [0.05, 0.1) is 0 Å². The van der Waals surface area contributed by atoms with Crippen LogP contribution in [0.1, 0.15) is 26.2 Å². The molecule has 12 heavy (non-hydrogen) atoms. The summed E-state index contributed by atoms with van der Waals surface area (Å²) in [6.07, 6.45) is 2.90. The summed E-state index contributed by atoms with van der Waals surface area (Å²) < 4.78 is 0. The lowest BCUT2D eigenvalue weighted by atomic mass is 10.3. The lowest BCUT2D eigenvalue weighted by Gasteiger charge is -2.02. The standard InChI is InChI=1S/C8H16N2O2/c1-2-4-8(12)10-6-3-5-9-7-11/h7H,2-6H2,1H3,(H,9,11)(H,10,12). The summed E-state index contributed by atoms with van der Waals surface area (Å²) in [7, 11) is 0. The van der Waals surface area contributed by atoms with E-state index in [0.29, 0.717) is 25.9 Å². The Bertz CT molecular complexity index is 137. The van der Waals surface area contributed by atoms with Gasteiger partial charge in [-0.2, -0.15) is 0 Å². The molecule has 0 aromatic rings. The van der Waals surface area contributed by atoms with Crippen LogP contribution < -0.4 is 10.6 Å². The fourth-order valence-electron chi connectivity index (χ4n) is 0.793. The second kappa shape index (κ2) is 8.04. The molecule has 0 aliphatic rings. The SMILES string of the molecule is CCCC(=O)NCCCNC=O. The molecule has 0 aromatic heterocycles. The molecule has 4 nitrogen and oxygen atoms in total. The number of nitrogens with one attached hydrogen (secondary N) is 2. The van der Waals surface area contributed by atoms with Gasteiger partial charge in [-0.05, 0) is 12.8 Å². The molecule has 2 N–H and O–H groups in total. The van der Waals surface area contributed by atoms with E-state index in [1.807, 2.05) is 6.92 Å². The monoisotopic (exact) mass is 172 g/mol. The lowest BCUT2D eigenvalue weighted by molar-refractivity contribution is -0.121. The Hall–Kier alpha value is -1.06. The van der Waals surface area contributed by atoms with Crippen molar-refractivity contribution < 1.29 is 9.59 Å². The number of carbonyl (C=O) groups excluding carboxylic acids is 2. The van der Waals surface area contributed by atoms with Crippen molar-refractivity contribution in [3.63, 3.8) is 0 Å². The zero-order valence-electron chi connectivity index (χ0n) is 7.43. The molecule has 0 spiro atoms. The second-order valence-electron chi connectivity index (χ2n) is 2.53. The Labute approximate surface area is 72.7 Å². The first-order chi connectivity index (χ1) is 5.81. The highest BCUT2D eigenvalue weighted by molar-refractivity contribution is 5.75. The zero-order chi connectivity index (χ0) is 9.23. The van der Waals surface area contributed by atoms with Crippen LogP contribution in [0.4, 0.5) is 0 Å². The highest BCUT2D eigenvalue weighted by atomic mass is 16.1. The maximum Gasteiger partial charge on any atom is 0.219 e. The predicted octanol–water partition coefficient (Wildman–Crippen LogP) is 0.0388. The molecule has 0 aliphatic carbocycles. The number of carbonyl (C=O) groups is 2. The summed E-state index contributed by atoms with van der Waals surface area (Å²) >= 11 is 0. The van der Waals surface area contributed by atoms with Crippen LogP contribution in [0.3, 0.4) is 0 Å². The zero-order valence-corrected chi connectivity index (χ0v) is 7.43. The summed E-state index contributed by atoms with van der Waals surface area (Å²) in [5.74, 6) is 0.0867. The van der Waals surface area contributed by atoms with E-state index in [9.17, 15) is 9.59 Å². The fraction of sp³-hybridized carbons (Fsp3) is 0.750.